The van der Waals surface area contributed by atoms with Crippen molar-refractivity contribution in [3.05, 3.63) is 34.1 Å². The lowest BCUT2D eigenvalue weighted by Gasteiger charge is -2.33. The molecule has 7 heteroatoms. The average Bonchev–Trinajstić information content (AvgIpc) is 2.94. The van der Waals surface area contributed by atoms with Gasteiger partial charge in [0.2, 0.25) is 0 Å². The number of nitrogens with one attached hydrogen (secondary N) is 3. The number of fused-ring (bicyclic) bond motifs is 1. The maximum Gasteiger partial charge on any atom is 0.271 e. The Kier molecular flexibility index (Phi) is 4.78. The predicted molar refractivity (Wildman–Crippen MR) is 87.6 cm³/mol. The van der Waals surface area contributed by atoms with Gasteiger partial charge in [0.25, 0.3) is 11.5 Å². The van der Waals surface area contributed by atoms with Crippen LogP contribution in [-0.2, 0) is 0 Å². The fourth-order valence-electron chi connectivity index (χ4n) is 3.11. The van der Waals surface area contributed by atoms with Crippen LogP contribution in [0.15, 0.2) is 23.0 Å². The summed E-state index contributed by atoms with van der Waals surface area (Å²) in [6.45, 7) is 2.86. The number of hydrogen-bond acceptors (Lipinski definition) is 4. The van der Waals surface area contributed by atoms with Crippen LogP contribution in [0.5, 0.6) is 0 Å². The molecule has 0 bridgehead atoms. The lowest BCUT2D eigenvalue weighted by Crippen LogP contribution is -2.48. The lowest BCUT2D eigenvalue weighted by molar-refractivity contribution is 0.0900. The summed E-state index contributed by atoms with van der Waals surface area (Å²) in [5.74, 6) is -0.151. The Morgan fingerprint density at radius 1 is 1.39 bits per heavy atom. The van der Waals surface area contributed by atoms with Gasteiger partial charge < -0.3 is 15.3 Å². The SMILES string of the molecule is O=C(NC1CCCN(CCCO)C1)c1ccc2[nH][nH]c(=O)c2c1. The molecule has 1 aromatic carbocycles. The highest BCUT2D eigenvalue weighted by Crippen LogP contribution is 2.13. The minimum Gasteiger partial charge on any atom is -0.396 e. The molecule has 1 aromatic heterocycles. The van der Waals surface area contributed by atoms with Crippen LogP contribution in [0.1, 0.15) is 29.6 Å². The third kappa shape index (κ3) is 3.62. The number of piperidine rings is 1. The topological polar surface area (TPSA) is 101 Å². The molecule has 0 aliphatic carbocycles. The van der Waals surface area contributed by atoms with Gasteiger partial charge in [-0.2, -0.15) is 0 Å². The van der Waals surface area contributed by atoms with Crippen LogP contribution < -0.4 is 10.9 Å². The van der Waals surface area contributed by atoms with E-state index in [1.54, 1.807) is 18.2 Å². The summed E-state index contributed by atoms with van der Waals surface area (Å²) in [4.78, 5) is 26.3. The number of rotatable bonds is 5. The van der Waals surface area contributed by atoms with E-state index in [9.17, 15) is 9.59 Å². The van der Waals surface area contributed by atoms with Gasteiger partial charge in [0.15, 0.2) is 0 Å². The van der Waals surface area contributed by atoms with Crippen molar-refractivity contribution in [3.63, 3.8) is 0 Å². The highest BCUT2D eigenvalue weighted by atomic mass is 16.3. The van der Waals surface area contributed by atoms with Crippen molar-refractivity contribution in [1.29, 1.82) is 0 Å². The molecule has 1 atom stereocenters. The van der Waals surface area contributed by atoms with Gasteiger partial charge in [-0.1, -0.05) is 0 Å². The first kappa shape index (κ1) is 15.8. The maximum atomic E-state index is 12.4. The molecule has 1 saturated heterocycles. The highest BCUT2D eigenvalue weighted by molar-refractivity contribution is 5.97. The van der Waals surface area contributed by atoms with Crippen molar-refractivity contribution in [1.82, 2.24) is 20.4 Å². The van der Waals surface area contributed by atoms with E-state index in [-0.39, 0.29) is 24.1 Å². The minimum atomic E-state index is -0.220. The van der Waals surface area contributed by atoms with Crippen molar-refractivity contribution in [2.24, 2.45) is 0 Å². The lowest BCUT2D eigenvalue weighted by atomic mass is 10.0. The number of nitrogens with zero attached hydrogens (tertiary/aromatic N) is 1. The number of aromatic amines is 2. The number of aliphatic hydroxyl groups excluding tert-OH is 1. The monoisotopic (exact) mass is 318 g/mol. The number of hydrogen-bond donors (Lipinski definition) is 4. The Hall–Kier alpha value is -2.12. The molecular formula is C16H22N4O3. The van der Waals surface area contributed by atoms with E-state index < -0.39 is 0 Å². The van der Waals surface area contributed by atoms with Gasteiger partial charge in [0, 0.05) is 31.3 Å². The Morgan fingerprint density at radius 2 is 2.26 bits per heavy atom. The van der Waals surface area contributed by atoms with Crippen molar-refractivity contribution >= 4 is 16.8 Å². The molecule has 2 aromatic rings. The molecule has 3 rings (SSSR count). The standard InChI is InChI=1S/C16H22N4O3/c21-8-2-7-20-6-1-3-12(10-20)17-15(22)11-4-5-14-13(9-11)16(23)19-18-14/h4-5,9,12,21H,1-3,6-8,10H2,(H,17,22)(H2,18,19,23). The van der Waals surface area contributed by atoms with Crippen molar-refractivity contribution in [2.45, 2.75) is 25.3 Å². The quantitative estimate of drug-likeness (QED) is 0.642. The van der Waals surface area contributed by atoms with Gasteiger partial charge in [-0.25, -0.2) is 0 Å². The van der Waals surface area contributed by atoms with E-state index in [1.165, 1.54) is 0 Å². The Labute approximate surface area is 133 Å². The highest BCUT2D eigenvalue weighted by Gasteiger charge is 2.21. The number of carbonyl (C=O) groups is 1. The normalized spacial score (nSPS) is 19.1. The van der Waals surface area contributed by atoms with Gasteiger partial charge in [0.05, 0.1) is 10.9 Å². The molecule has 0 radical (unpaired) electrons. The maximum absolute atomic E-state index is 12.4. The number of likely N-dealkylation sites (tertiary alicyclic amines) is 1. The number of benzene rings is 1. The Bertz CT molecular complexity index is 736. The van der Waals surface area contributed by atoms with Crippen LogP contribution in [-0.4, -0.2) is 58.4 Å². The molecule has 4 N–H and O–H groups in total. The van der Waals surface area contributed by atoms with Crippen LogP contribution >= 0.6 is 0 Å². The summed E-state index contributed by atoms with van der Waals surface area (Å²) < 4.78 is 0. The molecule has 7 nitrogen and oxygen atoms in total. The van der Waals surface area contributed by atoms with Gasteiger partial charge >= 0.3 is 0 Å². The van der Waals surface area contributed by atoms with Gasteiger partial charge in [0.1, 0.15) is 0 Å². The molecule has 23 heavy (non-hydrogen) atoms. The third-order valence-corrected chi connectivity index (χ3v) is 4.31. The number of carbonyl (C=O) groups excluding carboxylic acids is 1. The summed E-state index contributed by atoms with van der Waals surface area (Å²) in [6, 6.07) is 5.17. The molecule has 1 amide bonds. The van der Waals surface area contributed by atoms with Crippen LogP contribution in [0.3, 0.4) is 0 Å². The van der Waals surface area contributed by atoms with E-state index in [2.05, 4.69) is 20.4 Å². The summed E-state index contributed by atoms with van der Waals surface area (Å²) in [5, 5.41) is 17.7. The van der Waals surface area contributed by atoms with E-state index in [0.717, 1.165) is 38.9 Å². The first-order chi connectivity index (χ1) is 11.2. The fraction of sp³-hybridized carbons (Fsp3) is 0.500. The first-order valence-corrected chi connectivity index (χ1v) is 8.02. The van der Waals surface area contributed by atoms with Gasteiger partial charge in [-0.15, -0.1) is 0 Å². The van der Waals surface area contributed by atoms with Crippen LogP contribution in [0.25, 0.3) is 10.9 Å². The molecule has 1 unspecified atom stereocenters. The molecule has 124 valence electrons. The summed E-state index contributed by atoms with van der Waals surface area (Å²) >= 11 is 0. The second-order valence-electron chi connectivity index (χ2n) is 6.03. The minimum absolute atomic E-state index is 0.107. The smallest absolute Gasteiger partial charge is 0.271 e. The zero-order chi connectivity index (χ0) is 16.2. The summed E-state index contributed by atoms with van der Waals surface area (Å²) in [7, 11) is 0. The zero-order valence-electron chi connectivity index (χ0n) is 13.0. The van der Waals surface area contributed by atoms with E-state index in [0.29, 0.717) is 16.5 Å². The van der Waals surface area contributed by atoms with Crippen LogP contribution in [0, 0.1) is 0 Å². The second-order valence-corrected chi connectivity index (χ2v) is 6.03. The van der Waals surface area contributed by atoms with Crippen molar-refractivity contribution < 1.29 is 9.90 Å². The van der Waals surface area contributed by atoms with E-state index in [4.69, 9.17) is 5.11 Å². The molecule has 0 saturated carbocycles. The third-order valence-electron chi connectivity index (χ3n) is 4.31. The molecule has 0 spiro atoms. The molecule has 1 fully saturated rings. The number of aromatic nitrogens is 2. The van der Waals surface area contributed by atoms with Crippen LogP contribution in [0.2, 0.25) is 0 Å². The van der Waals surface area contributed by atoms with Gasteiger partial charge in [-0.05, 0) is 44.0 Å². The summed E-state index contributed by atoms with van der Waals surface area (Å²) in [5.41, 5.74) is 0.969. The van der Waals surface area contributed by atoms with Crippen molar-refractivity contribution in [3.8, 4) is 0 Å². The molecule has 1 aliphatic heterocycles. The van der Waals surface area contributed by atoms with Crippen molar-refractivity contribution in [2.75, 3.05) is 26.2 Å². The fourth-order valence-corrected chi connectivity index (χ4v) is 3.11. The molecular weight excluding hydrogens is 296 g/mol. The Balaban J connectivity index is 1.65. The number of amides is 1. The average molecular weight is 318 g/mol. The zero-order valence-corrected chi connectivity index (χ0v) is 13.0. The second kappa shape index (κ2) is 6.97. The largest absolute Gasteiger partial charge is 0.396 e. The van der Waals surface area contributed by atoms with Gasteiger partial charge in [-0.3, -0.25) is 19.8 Å². The molecule has 1 aliphatic rings. The summed E-state index contributed by atoms with van der Waals surface area (Å²) in [6.07, 6.45) is 2.74. The molecule has 2 heterocycles. The number of H-pyrrole nitrogens is 2. The first-order valence-electron chi connectivity index (χ1n) is 8.02. The predicted octanol–water partition coefficient (Wildman–Crippen LogP) is 0.433. The Morgan fingerprint density at radius 3 is 3.09 bits per heavy atom. The van der Waals surface area contributed by atoms with E-state index in [1.807, 2.05) is 0 Å². The van der Waals surface area contributed by atoms with Crippen LogP contribution in [0.4, 0.5) is 0 Å². The number of aliphatic hydroxyl groups is 1. The van der Waals surface area contributed by atoms with E-state index >= 15 is 0 Å².